The SMILES string of the molecule is N#CC1(NC(=O)[C@@H]2CCCC[C@H]2c2nc(-c3ccnc(C(F)(F)F)c3)sc2-c2ccc(N3CCS(=O)(=O)CC3)cc2)CC1. The molecule has 2 atom stereocenters. The van der Waals surface area contributed by atoms with E-state index in [0.29, 0.717) is 55.0 Å². The molecule has 2 aromatic heterocycles. The van der Waals surface area contributed by atoms with Crippen molar-refractivity contribution in [3.8, 4) is 27.1 Å². The Labute approximate surface area is 251 Å². The Balaban J connectivity index is 1.37. The topological polar surface area (TPSA) is 116 Å². The summed E-state index contributed by atoms with van der Waals surface area (Å²) in [7, 11) is -3.02. The van der Waals surface area contributed by atoms with Gasteiger partial charge in [-0.05, 0) is 55.5 Å². The Bertz CT molecular complexity index is 1660. The van der Waals surface area contributed by atoms with Gasteiger partial charge in [0.25, 0.3) is 0 Å². The smallest absolute Gasteiger partial charge is 0.369 e. The largest absolute Gasteiger partial charge is 0.433 e. The molecule has 13 heteroatoms. The second-order valence-corrected chi connectivity index (χ2v) is 14.8. The maximum Gasteiger partial charge on any atom is 0.433 e. The second kappa shape index (κ2) is 11.2. The van der Waals surface area contributed by atoms with Gasteiger partial charge in [-0.15, -0.1) is 11.3 Å². The normalized spacial score (nSPS) is 22.9. The van der Waals surface area contributed by atoms with Gasteiger partial charge < -0.3 is 10.2 Å². The minimum atomic E-state index is -4.60. The third-order valence-corrected chi connectivity index (χ3v) is 11.3. The monoisotopic (exact) mass is 629 g/mol. The number of halogens is 3. The number of carbonyl (C=O) groups excluding carboxylic acids is 1. The van der Waals surface area contributed by atoms with Gasteiger partial charge in [0.15, 0.2) is 9.84 Å². The first kappa shape index (κ1) is 29.6. The highest BCUT2D eigenvalue weighted by atomic mass is 32.2. The number of hydrogen-bond donors (Lipinski definition) is 1. The first-order valence-electron chi connectivity index (χ1n) is 14.3. The van der Waals surface area contributed by atoms with Crippen LogP contribution in [0, 0.1) is 17.2 Å². The van der Waals surface area contributed by atoms with E-state index in [1.807, 2.05) is 29.2 Å². The first-order chi connectivity index (χ1) is 20.5. The molecule has 3 fully saturated rings. The highest BCUT2D eigenvalue weighted by Gasteiger charge is 2.47. The molecule has 226 valence electrons. The zero-order valence-electron chi connectivity index (χ0n) is 23.2. The molecule has 2 saturated carbocycles. The van der Waals surface area contributed by atoms with Crippen LogP contribution in [0.4, 0.5) is 18.9 Å². The average Bonchev–Trinajstić information content (AvgIpc) is 3.63. The molecule has 2 aliphatic carbocycles. The van der Waals surface area contributed by atoms with Gasteiger partial charge in [-0.3, -0.25) is 9.78 Å². The van der Waals surface area contributed by atoms with Gasteiger partial charge in [0.1, 0.15) is 16.2 Å². The van der Waals surface area contributed by atoms with Crippen molar-refractivity contribution in [1.82, 2.24) is 15.3 Å². The van der Waals surface area contributed by atoms with Crippen molar-refractivity contribution in [3.63, 3.8) is 0 Å². The highest BCUT2D eigenvalue weighted by Crippen LogP contribution is 2.47. The maximum absolute atomic E-state index is 13.5. The molecule has 3 heterocycles. The quantitative estimate of drug-likeness (QED) is 0.379. The Hall–Kier alpha value is -3.50. The number of nitriles is 1. The van der Waals surface area contributed by atoms with Crippen LogP contribution in [0.3, 0.4) is 0 Å². The number of aromatic nitrogens is 2. The van der Waals surface area contributed by atoms with E-state index in [1.165, 1.54) is 17.4 Å². The molecule has 1 aliphatic heterocycles. The molecule has 6 rings (SSSR count). The van der Waals surface area contributed by atoms with Gasteiger partial charge in [-0.2, -0.15) is 18.4 Å². The van der Waals surface area contributed by atoms with E-state index in [-0.39, 0.29) is 23.3 Å². The van der Waals surface area contributed by atoms with E-state index in [1.54, 1.807) is 0 Å². The molecule has 1 saturated heterocycles. The molecule has 0 spiro atoms. The van der Waals surface area contributed by atoms with Crippen LogP contribution in [0.5, 0.6) is 0 Å². The lowest BCUT2D eigenvalue weighted by molar-refractivity contribution is -0.141. The first-order valence-corrected chi connectivity index (χ1v) is 16.9. The lowest BCUT2D eigenvalue weighted by Gasteiger charge is -2.31. The number of amides is 1. The summed E-state index contributed by atoms with van der Waals surface area (Å²) in [6, 6.07) is 12.4. The second-order valence-electron chi connectivity index (χ2n) is 11.5. The van der Waals surface area contributed by atoms with E-state index in [2.05, 4.69) is 16.4 Å². The fourth-order valence-electron chi connectivity index (χ4n) is 5.92. The van der Waals surface area contributed by atoms with Gasteiger partial charge in [-0.1, -0.05) is 25.0 Å². The minimum absolute atomic E-state index is 0.0984. The average molecular weight is 630 g/mol. The molecule has 8 nitrogen and oxygen atoms in total. The number of nitrogens with one attached hydrogen (secondary N) is 1. The standard InChI is InChI=1S/C30H30F3N5O3S2/c31-30(32,33)24-17-20(9-12-35-24)28-36-25(22-3-1-2-4-23(22)27(39)37-29(18-34)10-11-29)26(42-28)19-5-7-21(8-6-19)38-13-15-43(40,41)16-14-38/h5-9,12,17,22-23H,1-4,10-11,13-16H2,(H,37,39)/t22-,23-/m1/s1. The lowest BCUT2D eigenvalue weighted by Crippen LogP contribution is -2.42. The summed E-state index contributed by atoms with van der Waals surface area (Å²) < 4.78 is 64.2. The molecule has 0 unspecified atom stereocenters. The fourth-order valence-corrected chi connectivity index (χ4v) is 8.26. The molecule has 0 radical (unpaired) electrons. The minimum Gasteiger partial charge on any atom is -0.369 e. The van der Waals surface area contributed by atoms with Gasteiger partial charge in [0.2, 0.25) is 5.91 Å². The van der Waals surface area contributed by atoms with Crippen LogP contribution in [-0.2, 0) is 20.8 Å². The fraction of sp³-hybridized carbons (Fsp3) is 0.467. The van der Waals surface area contributed by atoms with Crippen molar-refractivity contribution in [2.45, 2.75) is 56.2 Å². The predicted molar refractivity (Wildman–Crippen MR) is 157 cm³/mol. The van der Waals surface area contributed by atoms with Gasteiger partial charge in [0.05, 0.1) is 28.1 Å². The number of rotatable bonds is 6. The summed E-state index contributed by atoms with van der Waals surface area (Å²) >= 11 is 1.28. The number of thiazole rings is 1. The molecule has 3 aromatic rings. The molecular formula is C30H30F3N5O3S2. The lowest BCUT2D eigenvalue weighted by atomic mass is 9.76. The summed E-state index contributed by atoms with van der Waals surface area (Å²) in [4.78, 5) is 24.7. The number of sulfone groups is 1. The van der Waals surface area contributed by atoms with Crippen LogP contribution < -0.4 is 10.2 Å². The van der Waals surface area contributed by atoms with E-state index < -0.39 is 33.2 Å². The van der Waals surface area contributed by atoms with Crippen LogP contribution in [0.1, 0.15) is 55.8 Å². The molecule has 0 bridgehead atoms. The van der Waals surface area contributed by atoms with Crippen LogP contribution in [-0.4, -0.2) is 54.4 Å². The summed E-state index contributed by atoms with van der Waals surface area (Å²) in [6.07, 6.45) is 0.839. The van der Waals surface area contributed by atoms with E-state index in [4.69, 9.17) is 4.98 Å². The molecule has 3 aliphatic rings. The summed E-state index contributed by atoms with van der Waals surface area (Å²) in [5.74, 6) is -0.657. The van der Waals surface area contributed by atoms with Crippen molar-refractivity contribution in [2.75, 3.05) is 29.5 Å². The molecular weight excluding hydrogens is 599 g/mol. The number of benzene rings is 1. The Morgan fingerprint density at radius 2 is 1.77 bits per heavy atom. The van der Waals surface area contributed by atoms with Crippen molar-refractivity contribution in [3.05, 3.63) is 54.0 Å². The third-order valence-electron chi connectivity index (χ3n) is 8.57. The number of hydrogen-bond acceptors (Lipinski definition) is 8. The molecule has 1 N–H and O–H groups in total. The Kier molecular flexibility index (Phi) is 7.71. The molecule has 1 aromatic carbocycles. The van der Waals surface area contributed by atoms with E-state index >= 15 is 0 Å². The summed E-state index contributed by atoms with van der Waals surface area (Å²) in [5.41, 5.74) is 0.863. The number of nitrogens with zero attached hydrogens (tertiary/aromatic N) is 4. The number of anilines is 1. The van der Waals surface area contributed by atoms with Crippen LogP contribution >= 0.6 is 11.3 Å². The van der Waals surface area contributed by atoms with Crippen LogP contribution in [0.25, 0.3) is 21.0 Å². The van der Waals surface area contributed by atoms with Gasteiger partial charge in [0, 0.05) is 42.4 Å². The molecule has 1 amide bonds. The number of carbonyl (C=O) groups is 1. The van der Waals surface area contributed by atoms with E-state index in [0.717, 1.165) is 41.2 Å². The summed E-state index contributed by atoms with van der Waals surface area (Å²) in [6.45, 7) is 0.814. The van der Waals surface area contributed by atoms with Gasteiger partial charge >= 0.3 is 6.18 Å². The van der Waals surface area contributed by atoms with Gasteiger partial charge in [-0.25, -0.2) is 13.4 Å². The highest BCUT2D eigenvalue weighted by molar-refractivity contribution is 7.91. The predicted octanol–water partition coefficient (Wildman–Crippen LogP) is 5.57. The maximum atomic E-state index is 13.5. The van der Waals surface area contributed by atoms with Crippen molar-refractivity contribution in [1.29, 1.82) is 5.26 Å². The Morgan fingerprint density at radius 1 is 1.07 bits per heavy atom. The zero-order valence-corrected chi connectivity index (χ0v) is 24.9. The van der Waals surface area contributed by atoms with E-state index in [9.17, 15) is 31.6 Å². The van der Waals surface area contributed by atoms with Crippen LogP contribution in [0.15, 0.2) is 42.6 Å². The number of pyridine rings is 1. The van der Waals surface area contributed by atoms with Crippen LogP contribution in [0.2, 0.25) is 0 Å². The molecule has 43 heavy (non-hydrogen) atoms. The van der Waals surface area contributed by atoms with Crippen molar-refractivity contribution >= 4 is 32.8 Å². The number of alkyl halides is 3. The zero-order chi connectivity index (χ0) is 30.4. The third kappa shape index (κ3) is 6.26. The summed E-state index contributed by atoms with van der Waals surface area (Å²) in [5, 5.41) is 12.9. The van der Waals surface area contributed by atoms with Crippen molar-refractivity contribution < 1.29 is 26.4 Å². The Morgan fingerprint density at radius 3 is 2.42 bits per heavy atom. The van der Waals surface area contributed by atoms with Crippen molar-refractivity contribution in [2.24, 2.45) is 5.92 Å².